The van der Waals surface area contributed by atoms with Gasteiger partial charge in [0.15, 0.2) is 5.82 Å². The van der Waals surface area contributed by atoms with Crippen LogP contribution in [0.15, 0.2) is 65.2 Å². The Hall–Kier alpha value is -3.65. The van der Waals surface area contributed by atoms with Crippen LogP contribution >= 0.6 is 11.6 Å². The molecule has 1 aromatic heterocycles. The normalized spacial score (nSPS) is 12.0. The van der Waals surface area contributed by atoms with E-state index in [0.717, 1.165) is 0 Å². The molecule has 3 rings (SSSR count). The van der Waals surface area contributed by atoms with Gasteiger partial charge in [-0.15, -0.1) is 0 Å². The van der Waals surface area contributed by atoms with Gasteiger partial charge in [0, 0.05) is 40.7 Å². The van der Waals surface area contributed by atoms with Gasteiger partial charge in [0.1, 0.15) is 11.8 Å². The maximum Gasteiger partial charge on any atom is 0.248 e. The summed E-state index contributed by atoms with van der Waals surface area (Å²) in [5.74, 6) is -0.326. The average molecular weight is 511 g/mol. The minimum absolute atomic E-state index is 0.106. The molecule has 8 nitrogen and oxygen atoms in total. The number of rotatable bonds is 10. The lowest BCUT2D eigenvalue weighted by Crippen LogP contribution is -2.50. The number of carbonyl (C=O) groups excluding carboxylic acids is 3. The van der Waals surface area contributed by atoms with Gasteiger partial charge in [-0.2, -0.15) is 0 Å². The fraction of sp³-hybridized carbons (Fsp3) is 0.333. The quantitative estimate of drug-likeness (QED) is 0.378. The zero-order valence-electron chi connectivity index (χ0n) is 20.9. The Morgan fingerprint density at radius 2 is 1.72 bits per heavy atom. The van der Waals surface area contributed by atoms with Gasteiger partial charge in [0.25, 0.3) is 0 Å². The summed E-state index contributed by atoms with van der Waals surface area (Å²) < 4.78 is 4.96. The molecule has 36 heavy (non-hydrogen) atoms. The van der Waals surface area contributed by atoms with Gasteiger partial charge in [-0.25, -0.2) is 0 Å². The highest BCUT2D eigenvalue weighted by Gasteiger charge is 2.36. The number of aromatic nitrogens is 1. The van der Waals surface area contributed by atoms with E-state index in [1.165, 1.54) is 4.90 Å². The Bertz CT molecular complexity index is 1210. The molecule has 0 aliphatic rings. The highest BCUT2D eigenvalue weighted by Crippen LogP contribution is 2.33. The zero-order valence-corrected chi connectivity index (χ0v) is 21.6. The predicted octanol–water partition coefficient (Wildman–Crippen LogP) is 5.43. The molecule has 0 aliphatic heterocycles. The van der Waals surface area contributed by atoms with Crippen LogP contribution in [0.2, 0.25) is 5.02 Å². The van der Waals surface area contributed by atoms with Gasteiger partial charge in [-0.3, -0.25) is 19.3 Å². The van der Waals surface area contributed by atoms with Crippen LogP contribution < -0.4 is 15.5 Å². The summed E-state index contributed by atoms with van der Waals surface area (Å²) in [6.07, 6.45) is 0.448. The van der Waals surface area contributed by atoms with Gasteiger partial charge in [-0.1, -0.05) is 60.1 Å². The highest BCUT2D eigenvalue weighted by atomic mass is 35.5. The topological polar surface area (TPSA) is 105 Å². The molecule has 2 N–H and O–H groups in total. The Morgan fingerprint density at radius 1 is 1.06 bits per heavy atom. The second kappa shape index (κ2) is 11.9. The maximum atomic E-state index is 13.7. The fourth-order valence-corrected chi connectivity index (χ4v) is 3.82. The largest absolute Gasteiger partial charge is 0.360 e. The zero-order chi connectivity index (χ0) is 26.3. The van der Waals surface area contributed by atoms with E-state index in [9.17, 15) is 14.4 Å². The van der Waals surface area contributed by atoms with Crippen LogP contribution in [0.5, 0.6) is 0 Å². The number of hydrogen-bond donors (Lipinski definition) is 2. The molecular weight excluding hydrogens is 480 g/mol. The molecule has 0 spiro atoms. The Balaban J connectivity index is 1.94. The van der Waals surface area contributed by atoms with Crippen LogP contribution in [0.1, 0.15) is 57.4 Å². The molecule has 0 bridgehead atoms. The molecule has 0 saturated heterocycles. The van der Waals surface area contributed by atoms with Gasteiger partial charge < -0.3 is 15.2 Å². The van der Waals surface area contributed by atoms with E-state index in [0.29, 0.717) is 28.5 Å². The van der Waals surface area contributed by atoms with E-state index in [4.69, 9.17) is 16.1 Å². The summed E-state index contributed by atoms with van der Waals surface area (Å²) in [4.78, 5) is 41.3. The predicted molar refractivity (Wildman–Crippen MR) is 140 cm³/mol. The van der Waals surface area contributed by atoms with E-state index in [-0.39, 0.29) is 24.6 Å². The van der Waals surface area contributed by atoms with Crippen molar-refractivity contribution in [1.82, 2.24) is 10.5 Å². The minimum atomic E-state index is -1.04. The van der Waals surface area contributed by atoms with Crippen LogP contribution in [0.25, 0.3) is 0 Å². The van der Waals surface area contributed by atoms with E-state index >= 15 is 0 Å². The lowest BCUT2D eigenvalue weighted by atomic mass is 9.98. The van der Waals surface area contributed by atoms with Crippen molar-refractivity contribution in [3.05, 3.63) is 77.0 Å². The number of aryl methyl sites for hydroxylation is 1. The first kappa shape index (κ1) is 26.9. The number of carbonyl (C=O) groups is 3. The summed E-state index contributed by atoms with van der Waals surface area (Å²) in [6, 6.07) is 16.4. The first-order valence-corrected chi connectivity index (χ1v) is 12.2. The molecule has 0 saturated carbocycles. The first-order chi connectivity index (χ1) is 17.1. The average Bonchev–Trinajstić information content (AvgIpc) is 3.26. The van der Waals surface area contributed by atoms with Gasteiger partial charge >= 0.3 is 0 Å². The van der Waals surface area contributed by atoms with Crippen LogP contribution in [0.4, 0.5) is 11.5 Å². The standard InChI is InChI=1S/C27H31ClN4O4/c1-5-27(3,4)30-26(35)25(20-13-9-10-14-21(20)28)32(19-11-7-6-8-12-19)24(34)16-15-23(33)29-22-17-18(2)36-31-22/h6-14,17,25H,5,15-16H2,1-4H3,(H,30,35)(H,29,31,33). The van der Waals surface area contributed by atoms with Crippen LogP contribution in [-0.2, 0) is 14.4 Å². The summed E-state index contributed by atoms with van der Waals surface area (Å²) >= 11 is 6.53. The van der Waals surface area contributed by atoms with Crippen molar-refractivity contribution in [2.75, 3.05) is 10.2 Å². The summed E-state index contributed by atoms with van der Waals surface area (Å²) in [5, 5.41) is 9.76. The Labute approximate surface area is 216 Å². The smallest absolute Gasteiger partial charge is 0.248 e. The van der Waals surface area contributed by atoms with Gasteiger partial charge in [-0.05, 0) is 45.4 Å². The van der Waals surface area contributed by atoms with Crippen molar-refractivity contribution in [3.8, 4) is 0 Å². The lowest BCUT2D eigenvalue weighted by molar-refractivity contribution is -0.128. The van der Waals surface area contributed by atoms with Crippen LogP contribution in [0.3, 0.4) is 0 Å². The number of nitrogens with one attached hydrogen (secondary N) is 2. The van der Waals surface area contributed by atoms with Crippen molar-refractivity contribution in [3.63, 3.8) is 0 Å². The number of benzene rings is 2. The number of para-hydroxylation sites is 1. The van der Waals surface area contributed by atoms with Crippen LogP contribution in [-0.4, -0.2) is 28.4 Å². The maximum absolute atomic E-state index is 13.7. The molecule has 3 amide bonds. The van der Waals surface area contributed by atoms with Crippen LogP contribution in [0, 0.1) is 6.92 Å². The van der Waals surface area contributed by atoms with Crippen molar-refractivity contribution in [2.45, 2.75) is 58.5 Å². The number of anilines is 2. The van der Waals surface area contributed by atoms with Crippen molar-refractivity contribution in [1.29, 1.82) is 0 Å². The number of hydrogen-bond acceptors (Lipinski definition) is 5. The minimum Gasteiger partial charge on any atom is -0.360 e. The molecule has 0 radical (unpaired) electrons. The Kier molecular flexibility index (Phi) is 8.88. The van der Waals surface area contributed by atoms with E-state index < -0.39 is 23.4 Å². The molecule has 0 fully saturated rings. The molecule has 1 atom stereocenters. The molecule has 0 aliphatic carbocycles. The van der Waals surface area contributed by atoms with E-state index in [2.05, 4.69) is 15.8 Å². The van der Waals surface area contributed by atoms with Gasteiger partial charge in [0.2, 0.25) is 17.7 Å². The number of halogens is 1. The molecular formula is C27H31ClN4O4. The van der Waals surface area contributed by atoms with Crippen molar-refractivity contribution >= 4 is 40.8 Å². The third-order valence-corrected chi connectivity index (χ3v) is 6.16. The summed E-state index contributed by atoms with van der Waals surface area (Å²) in [5.41, 5.74) is 0.505. The highest BCUT2D eigenvalue weighted by molar-refractivity contribution is 6.31. The van der Waals surface area contributed by atoms with Gasteiger partial charge in [0.05, 0.1) is 0 Å². The molecule has 1 heterocycles. The van der Waals surface area contributed by atoms with Crippen molar-refractivity contribution < 1.29 is 18.9 Å². The third-order valence-electron chi connectivity index (χ3n) is 5.82. The third kappa shape index (κ3) is 6.95. The molecule has 1 unspecified atom stereocenters. The lowest BCUT2D eigenvalue weighted by Gasteiger charge is -2.35. The molecule has 3 aromatic rings. The second-order valence-electron chi connectivity index (χ2n) is 9.12. The first-order valence-electron chi connectivity index (χ1n) is 11.8. The number of amides is 3. The Morgan fingerprint density at radius 3 is 2.33 bits per heavy atom. The molecule has 190 valence electrons. The van der Waals surface area contributed by atoms with Crippen molar-refractivity contribution in [2.24, 2.45) is 0 Å². The van der Waals surface area contributed by atoms with E-state index in [1.54, 1.807) is 61.5 Å². The summed E-state index contributed by atoms with van der Waals surface area (Å²) in [7, 11) is 0. The molecule has 9 heteroatoms. The summed E-state index contributed by atoms with van der Waals surface area (Å²) in [6.45, 7) is 7.52. The SMILES string of the molecule is CCC(C)(C)NC(=O)C(c1ccccc1Cl)N(C(=O)CCC(=O)Nc1cc(C)on1)c1ccccc1. The monoisotopic (exact) mass is 510 g/mol. The second-order valence-corrected chi connectivity index (χ2v) is 9.53. The number of nitrogens with zero attached hydrogens (tertiary/aromatic N) is 2. The fourth-order valence-electron chi connectivity index (χ4n) is 3.58. The molecule has 2 aromatic carbocycles. The van der Waals surface area contributed by atoms with E-state index in [1.807, 2.05) is 26.8 Å².